The average molecular weight is 218 g/mol. The summed E-state index contributed by atoms with van der Waals surface area (Å²) in [5.74, 6) is 0. The van der Waals surface area contributed by atoms with E-state index in [4.69, 9.17) is 5.26 Å². The highest BCUT2D eigenvalue weighted by molar-refractivity contribution is 7.91. The topological polar surface area (TPSA) is 70.0 Å². The molecular weight excluding hydrogens is 200 g/mol. The van der Waals surface area contributed by atoms with Crippen LogP contribution in [-0.2, 0) is 10.0 Å². The Morgan fingerprint density at radius 3 is 1.93 bits per heavy atom. The quantitative estimate of drug-likeness (QED) is 0.732. The first-order valence-electron chi connectivity index (χ1n) is 4.84. The minimum Gasteiger partial charge on any atom is -0.217 e. The fraction of sp³-hybridized carbons (Fsp3) is 0.889. The van der Waals surface area contributed by atoms with Crippen LogP contribution in [0.5, 0.6) is 0 Å². The Kier molecular flexibility index (Phi) is 5.09. The van der Waals surface area contributed by atoms with E-state index in [1.54, 1.807) is 0 Å². The van der Waals surface area contributed by atoms with Crippen molar-refractivity contribution in [1.29, 1.82) is 5.26 Å². The third-order valence-electron chi connectivity index (χ3n) is 2.29. The van der Waals surface area contributed by atoms with Crippen LogP contribution in [0.25, 0.3) is 0 Å². The summed E-state index contributed by atoms with van der Waals surface area (Å²) in [7, 11) is -2.15. The largest absolute Gasteiger partial charge is 0.230 e. The number of hydrogen-bond acceptors (Lipinski definition) is 3. The summed E-state index contributed by atoms with van der Waals surface area (Å²) in [5, 5.41) is 9.04. The van der Waals surface area contributed by atoms with Gasteiger partial charge >= 0.3 is 0 Å². The first-order valence-corrected chi connectivity index (χ1v) is 6.32. The van der Waals surface area contributed by atoms with Crippen LogP contribution in [0.4, 0.5) is 0 Å². The Morgan fingerprint density at radius 2 is 1.71 bits per heavy atom. The van der Waals surface area contributed by atoms with Crippen molar-refractivity contribution in [3.8, 4) is 6.07 Å². The summed E-state index contributed by atoms with van der Waals surface area (Å²) in [6, 6.07) is 1.96. The summed E-state index contributed by atoms with van der Waals surface area (Å²) >= 11 is 0. The van der Waals surface area contributed by atoms with Gasteiger partial charge in [-0.05, 0) is 19.9 Å². The summed E-state index contributed by atoms with van der Waals surface area (Å²) in [4.78, 5) is 0. The van der Waals surface area contributed by atoms with Crippen LogP contribution in [0.3, 0.4) is 0 Å². The van der Waals surface area contributed by atoms with Gasteiger partial charge in [-0.2, -0.15) is 5.26 Å². The fourth-order valence-electron chi connectivity index (χ4n) is 1.57. The summed E-state index contributed by atoms with van der Waals surface area (Å²) in [6.45, 7) is 3.76. The monoisotopic (exact) mass is 218 g/mol. The molecule has 0 radical (unpaired) electrons. The van der Waals surface area contributed by atoms with Gasteiger partial charge in [0.1, 0.15) is 0 Å². The smallest absolute Gasteiger partial charge is 0.217 e. The van der Waals surface area contributed by atoms with E-state index in [9.17, 15) is 8.42 Å². The fourth-order valence-corrected chi connectivity index (χ4v) is 3.03. The molecule has 82 valence electrons. The van der Waals surface area contributed by atoms with Crippen molar-refractivity contribution in [3.63, 3.8) is 0 Å². The second-order valence-corrected chi connectivity index (χ2v) is 5.51. The predicted octanol–water partition coefficient (Wildman–Crippen LogP) is 1.40. The molecule has 1 N–H and O–H groups in total. The molecule has 0 atom stereocenters. The van der Waals surface area contributed by atoms with E-state index in [2.05, 4.69) is 4.72 Å². The molecule has 0 unspecified atom stereocenters. The zero-order valence-corrected chi connectivity index (χ0v) is 9.82. The lowest BCUT2D eigenvalue weighted by Crippen LogP contribution is -2.43. The summed E-state index contributed by atoms with van der Waals surface area (Å²) in [5.41, 5.74) is 0. The molecule has 0 rings (SSSR count). The average Bonchev–Trinajstić information content (AvgIpc) is 2.17. The van der Waals surface area contributed by atoms with E-state index >= 15 is 0 Å². The molecule has 0 saturated heterocycles. The van der Waals surface area contributed by atoms with Crippen molar-refractivity contribution in [2.75, 3.05) is 7.05 Å². The van der Waals surface area contributed by atoms with Gasteiger partial charge in [0.05, 0.1) is 6.07 Å². The number of rotatable bonds is 6. The molecular formula is C9H18N2O2S. The second kappa shape index (κ2) is 5.32. The van der Waals surface area contributed by atoms with E-state index in [0.29, 0.717) is 25.7 Å². The molecule has 0 aromatic rings. The number of sulfonamides is 1. The molecule has 0 aliphatic rings. The molecule has 0 aliphatic heterocycles. The van der Waals surface area contributed by atoms with Crippen LogP contribution >= 0.6 is 0 Å². The van der Waals surface area contributed by atoms with Crippen molar-refractivity contribution in [2.45, 2.75) is 44.3 Å². The summed E-state index contributed by atoms with van der Waals surface area (Å²) < 4.78 is 24.4. The van der Waals surface area contributed by atoms with Crippen LogP contribution < -0.4 is 4.72 Å². The Labute approximate surface area is 86.4 Å². The van der Waals surface area contributed by atoms with E-state index < -0.39 is 14.8 Å². The maximum absolute atomic E-state index is 11.7. The van der Waals surface area contributed by atoms with Gasteiger partial charge in [-0.1, -0.05) is 26.7 Å². The van der Waals surface area contributed by atoms with Gasteiger partial charge in [-0.15, -0.1) is 0 Å². The van der Waals surface area contributed by atoms with E-state index in [1.165, 1.54) is 7.05 Å². The maximum atomic E-state index is 11.7. The number of nitrogens with zero attached hydrogens (tertiary/aromatic N) is 1. The lowest BCUT2D eigenvalue weighted by Gasteiger charge is -2.24. The van der Waals surface area contributed by atoms with Gasteiger partial charge in [0.2, 0.25) is 10.0 Å². The molecule has 5 heteroatoms. The van der Waals surface area contributed by atoms with Gasteiger partial charge in [0.25, 0.3) is 0 Å². The Balaban J connectivity index is 5.16. The predicted molar refractivity (Wildman–Crippen MR) is 56.1 cm³/mol. The molecule has 0 aromatic carbocycles. The van der Waals surface area contributed by atoms with Crippen molar-refractivity contribution >= 4 is 10.0 Å². The Hall–Kier alpha value is -0.600. The number of nitrogens with one attached hydrogen (secondary N) is 1. The van der Waals surface area contributed by atoms with Gasteiger partial charge < -0.3 is 0 Å². The zero-order chi connectivity index (χ0) is 11.2. The molecule has 0 aliphatic carbocycles. The third-order valence-corrected chi connectivity index (χ3v) is 4.36. The molecule has 4 nitrogen and oxygen atoms in total. The van der Waals surface area contributed by atoms with Gasteiger partial charge in [-0.3, -0.25) is 0 Å². The van der Waals surface area contributed by atoms with Crippen LogP contribution in [-0.4, -0.2) is 20.2 Å². The zero-order valence-electron chi connectivity index (χ0n) is 9.00. The van der Waals surface area contributed by atoms with Gasteiger partial charge in [0, 0.05) is 0 Å². The molecule has 0 saturated carbocycles. The maximum Gasteiger partial charge on any atom is 0.230 e. The molecule has 0 aromatic heterocycles. The van der Waals surface area contributed by atoms with E-state index in [-0.39, 0.29) is 0 Å². The molecule has 0 amide bonds. The number of hydrogen-bond donors (Lipinski definition) is 1. The van der Waals surface area contributed by atoms with E-state index in [1.807, 2.05) is 19.9 Å². The highest BCUT2D eigenvalue weighted by atomic mass is 32.2. The van der Waals surface area contributed by atoms with E-state index in [0.717, 1.165) is 0 Å². The SMILES string of the molecule is CCCC(C#N)(CCC)S(=O)(=O)NC. The lowest BCUT2D eigenvalue weighted by molar-refractivity contribution is 0.502. The van der Waals surface area contributed by atoms with Crippen molar-refractivity contribution < 1.29 is 8.42 Å². The standard InChI is InChI=1S/C9H18N2O2S/c1-4-6-9(8-10,7-5-2)14(12,13)11-3/h11H,4-7H2,1-3H3. The normalized spacial score (nSPS) is 12.4. The third kappa shape index (κ3) is 2.46. The van der Waals surface area contributed by atoms with Gasteiger partial charge in [0.15, 0.2) is 4.75 Å². The minimum atomic E-state index is -3.51. The molecule has 0 bridgehead atoms. The van der Waals surface area contributed by atoms with Crippen molar-refractivity contribution in [1.82, 2.24) is 4.72 Å². The van der Waals surface area contributed by atoms with Crippen molar-refractivity contribution in [2.24, 2.45) is 0 Å². The lowest BCUT2D eigenvalue weighted by atomic mass is 9.99. The Bertz CT molecular complexity index is 297. The second-order valence-electron chi connectivity index (χ2n) is 3.31. The molecule has 14 heavy (non-hydrogen) atoms. The van der Waals surface area contributed by atoms with Crippen LogP contribution in [0.2, 0.25) is 0 Å². The van der Waals surface area contributed by atoms with Crippen LogP contribution in [0, 0.1) is 11.3 Å². The minimum absolute atomic E-state index is 0.389. The highest BCUT2D eigenvalue weighted by Gasteiger charge is 2.41. The Morgan fingerprint density at radius 1 is 1.29 bits per heavy atom. The molecule has 0 spiro atoms. The molecule has 0 heterocycles. The first-order chi connectivity index (χ1) is 6.49. The number of nitriles is 1. The van der Waals surface area contributed by atoms with Crippen LogP contribution in [0.15, 0.2) is 0 Å². The first kappa shape index (κ1) is 13.4. The highest BCUT2D eigenvalue weighted by Crippen LogP contribution is 2.27. The van der Waals surface area contributed by atoms with Crippen molar-refractivity contribution in [3.05, 3.63) is 0 Å². The van der Waals surface area contributed by atoms with Crippen LogP contribution in [0.1, 0.15) is 39.5 Å². The van der Waals surface area contributed by atoms with Gasteiger partial charge in [-0.25, -0.2) is 13.1 Å². The molecule has 0 fully saturated rings. The summed E-state index contributed by atoms with van der Waals surface area (Å²) in [6.07, 6.45) is 2.16.